The number of likely N-dealkylation sites (N-methyl/N-ethyl adjacent to an activating group) is 1. The number of para-hydroxylation sites is 1. The SMILES string of the molecule is CC(C)CNCc1cccc(Cl)c1N1CCN(C)CC1. The number of nitrogens with one attached hydrogen (secondary N) is 1. The number of hydrogen-bond acceptors (Lipinski definition) is 3. The topological polar surface area (TPSA) is 18.5 Å². The smallest absolute Gasteiger partial charge is 0.0642 e. The van der Waals surface area contributed by atoms with Gasteiger partial charge in [0.25, 0.3) is 0 Å². The minimum absolute atomic E-state index is 0.668. The van der Waals surface area contributed by atoms with Gasteiger partial charge in [0, 0.05) is 32.7 Å². The van der Waals surface area contributed by atoms with E-state index in [1.54, 1.807) is 0 Å². The molecule has 0 bridgehead atoms. The molecule has 0 unspecified atom stereocenters. The summed E-state index contributed by atoms with van der Waals surface area (Å²) in [7, 11) is 2.18. The predicted octanol–water partition coefficient (Wildman–Crippen LogP) is 2.84. The van der Waals surface area contributed by atoms with Crippen molar-refractivity contribution in [3.8, 4) is 0 Å². The lowest BCUT2D eigenvalue weighted by Gasteiger charge is -2.35. The van der Waals surface area contributed by atoms with Gasteiger partial charge in [-0.15, -0.1) is 0 Å². The maximum atomic E-state index is 6.46. The molecule has 0 amide bonds. The number of rotatable bonds is 5. The summed E-state index contributed by atoms with van der Waals surface area (Å²) in [5, 5.41) is 4.39. The van der Waals surface area contributed by atoms with Gasteiger partial charge < -0.3 is 15.1 Å². The van der Waals surface area contributed by atoms with E-state index in [0.717, 1.165) is 44.3 Å². The normalized spacial score (nSPS) is 16.9. The van der Waals surface area contributed by atoms with Crippen LogP contribution in [-0.2, 0) is 6.54 Å². The van der Waals surface area contributed by atoms with E-state index < -0.39 is 0 Å². The second-order valence-electron chi connectivity index (χ2n) is 6.06. The highest BCUT2D eigenvalue weighted by molar-refractivity contribution is 6.33. The van der Waals surface area contributed by atoms with Gasteiger partial charge in [0.05, 0.1) is 10.7 Å². The summed E-state index contributed by atoms with van der Waals surface area (Å²) in [5.74, 6) is 0.668. The van der Waals surface area contributed by atoms with Gasteiger partial charge in [0.2, 0.25) is 0 Å². The molecule has 0 aliphatic carbocycles. The Morgan fingerprint density at radius 1 is 1.20 bits per heavy atom. The van der Waals surface area contributed by atoms with Gasteiger partial charge in [-0.25, -0.2) is 0 Å². The first-order valence-corrected chi connectivity index (χ1v) is 7.87. The second kappa shape index (κ2) is 7.30. The third-order valence-corrected chi connectivity index (χ3v) is 4.06. The van der Waals surface area contributed by atoms with E-state index in [0.29, 0.717) is 5.92 Å². The highest BCUT2D eigenvalue weighted by Gasteiger charge is 2.19. The Bertz CT molecular complexity index is 426. The summed E-state index contributed by atoms with van der Waals surface area (Å²) >= 11 is 6.46. The van der Waals surface area contributed by atoms with Gasteiger partial charge in [-0.1, -0.05) is 37.6 Å². The van der Waals surface area contributed by atoms with Crippen LogP contribution in [0.2, 0.25) is 5.02 Å². The second-order valence-corrected chi connectivity index (χ2v) is 6.47. The van der Waals surface area contributed by atoms with E-state index in [1.807, 2.05) is 12.1 Å². The monoisotopic (exact) mass is 295 g/mol. The van der Waals surface area contributed by atoms with Gasteiger partial charge in [-0.3, -0.25) is 0 Å². The lowest BCUT2D eigenvalue weighted by molar-refractivity contribution is 0.312. The van der Waals surface area contributed by atoms with Crippen molar-refractivity contribution >= 4 is 17.3 Å². The number of nitrogens with zero attached hydrogens (tertiary/aromatic N) is 2. The molecule has 1 aliphatic rings. The van der Waals surface area contributed by atoms with Crippen molar-refractivity contribution in [1.82, 2.24) is 10.2 Å². The Kier molecular flexibility index (Phi) is 5.70. The molecule has 1 aliphatic heterocycles. The molecule has 1 fully saturated rings. The Labute approximate surface area is 127 Å². The average molecular weight is 296 g/mol. The molecule has 2 rings (SSSR count). The van der Waals surface area contributed by atoms with Crippen LogP contribution in [0.3, 0.4) is 0 Å². The third kappa shape index (κ3) is 4.11. The molecule has 20 heavy (non-hydrogen) atoms. The lowest BCUT2D eigenvalue weighted by atomic mass is 10.1. The Hall–Kier alpha value is -0.770. The lowest BCUT2D eigenvalue weighted by Crippen LogP contribution is -2.45. The fraction of sp³-hybridized carbons (Fsp3) is 0.625. The van der Waals surface area contributed by atoms with E-state index in [4.69, 9.17) is 11.6 Å². The standard InChI is InChI=1S/C16H26ClN3/c1-13(2)11-18-12-14-5-4-6-15(17)16(14)20-9-7-19(3)8-10-20/h4-6,13,18H,7-12H2,1-3H3. The summed E-state index contributed by atoms with van der Waals surface area (Å²) in [6.45, 7) is 10.7. The summed E-state index contributed by atoms with van der Waals surface area (Å²) < 4.78 is 0. The first kappa shape index (κ1) is 15.6. The minimum atomic E-state index is 0.668. The van der Waals surface area contributed by atoms with Gasteiger partial charge in [-0.05, 0) is 31.1 Å². The van der Waals surface area contributed by atoms with Crippen LogP contribution in [0, 0.1) is 5.92 Å². The van der Waals surface area contributed by atoms with Crippen molar-refractivity contribution in [2.75, 3.05) is 44.7 Å². The van der Waals surface area contributed by atoms with Crippen molar-refractivity contribution in [1.29, 1.82) is 0 Å². The van der Waals surface area contributed by atoms with Crippen molar-refractivity contribution in [3.63, 3.8) is 0 Å². The molecule has 1 saturated heterocycles. The molecule has 1 heterocycles. The molecule has 0 aromatic heterocycles. The fourth-order valence-electron chi connectivity index (χ4n) is 2.58. The minimum Gasteiger partial charge on any atom is -0.368 e. The first-order chi connectivity index (χ1) is 9.58. The van der Waals surface area contributed by atoms with E-state index in [1.165, 1.54) is 11.3 Å². The van der Waals surface area contributed by atoms with E-state index in [2.05, 4.69) is 42.1 Å². The van der Waals surface area contributed by atoms with Crippen molar-refractivity contribution < 1.29 is 0 Å². The maximum absolute atomic E-state index is 6.46. The number of benzene rings is 1. The fourth-order valence-corrected chi connectivity index (χ4v) is 2.90. The van der Waals surface area contributed by atoms with Crippen LogP contribution in [-0.4, -0.2) is 44.7 Å². The van der Waals surface area contributed by atoms with Gasteiger partial charge in [0.15, 0.2) is 0 Å². The zero-order chi connectivity index (χ0) is 14.5. The molecular formula is C16H26ClN3. The van der Waals surface area contributed by atoms with Crippen LogP contribution in [0.1, 0.15) is 19.4 Å². The van der Waals surface area contributed by atoms with E-state index >= 15 is 0 Å². The largest absolute Gasteiger partial charge is 0.368 e. The summed E-state index contributed by atoms with van der Waals surface area (Å²) in [6, 6.07) is 6.24. The van der Waals surface area contributed by atoms with E-state index in [9.17, 15) is 0 Å². The third-order valence-electron chi connectivity index (χ3n) is 3.76. The van der Waals surface area contributed by atoms with Crippen LogP contribution in [0.4, 0.5) is 5.69 Å². The Morgan fingerprint density at radius 3 is 2.55 bits per heavy atom. The zero-order valence-corrected chi connectivity index (χ0v) is 13.6. The summed E-state index contributed by atoms with van der Waals surface area (Å²) in [5.41, 5.74) is 2.53. The highest BCUT2D eigenvalue weighted by Crippen LogP contribution is 2.30. The van der Waals surface area contributed by atoms with Gasteiger partial charge in [0.1, 0.15) is 0 Å². The van der Waals surface area contributed by atoms with Crippen molar-refractivity contribution in [2.45, 2.75) is 20.4 Å². The van der Waals surface area contributed by atoms with Crippen LogP contribution >= 0.6 is 11.6 Å². The number of piperazine rings is 1. The molecule has 1 aromatic carbocycles. The first-order valence-electron chi connectivity index (χ1n) is 7.49. The molecule has 0 atom stereocenters. The van der Waals surface area contributed by atoms with Crippen LogP contribution in [0.5, 0.6) is 0 Å². The Balaban J connectivity index is 2.09. The number of anilines is 1. The van der Waals surface area contributed by atoms with Gasteiger partial charge in [-0.2, -0.15) is 0 Å². The molecule has 1 aromatic rings. The summed E-state index contributed by atoms with van der Waals surface area (Å²) in [6.07, 6.45) is 0. The number of halogens is 1. The summed E-state index contributed by atoms with van der Waals surface area (Å²) in [4.78, 5) is 4.79. The maximum Gasteiger partial charge on any atom is 0.0642 e. The highest BCUT2D eigenvalue weighted by atomic mass is 35.5. The van der Waals surface area contributed by atoms with Crippen LogP contribution in [0.25, 0.3) is 0 Å². The molecule has 0 saturated carbocycles. The number of hydrogen-bond donors (Lipinski definition) is 1. The van der Waals surface area contributed by atoms with Crippen molar-refractivity contribution in [2.24, 2.45) is 5.92 Å². The molecule has 3 nitrogen and oxygen atoms in total. The van der Waals surface area contributed by atoms with Crippen molar-refractivity contribution in [3.05, 3.63) is 28.8 Å². The average Bonchev–Trinajstić information content (AvgIpc) is 2.40. The zero-order valence-electron chi connectivity index (χ0n) is 12.8. The van der Waals surface area contributed by atoms with E-state index in [-0.39, 0.29) is 0 Å². The predicted molar refractivity (Wildman–Crippen MR) is 87.7 cm³/mol. The Morgan fingerprint density at radius 2 is 1.90 bits per heavy atom. The molecule has 1 N–H and O–H groups in total. The van der Waals surface area contributed by atoms with Crippen LogP contribution in [0.15, 0.2) is 18.2 Å². The van der Waals surface area contributed by atoms with Crippen LogP contribution < -0.4 is 10.2 Å². The molecular weight excluding hydrogens is 270 g/mol. The molecule has 4 heteroatoms. The quantitative estimate of drug-likeness (QED) is 0.901. The molecule has 0 spiro atoms. The van der Waals surface area contributed by atoms with Gasteiger partial charge >= 0.3 is 0 Å². The molecule has 0 radical (unpaired) electrons. The molecule has 112 valence electrons.